The molecule has 0 fully saturated rings. The van der Waals surface area contributed by atoms with Crippen molar-refractivity contribution in [2.45, 2.75) is 33.6 Å². The fourth-order valence-electron chi connectivity index (χ4n) is 3.66. The minimum atomic E-state index is 0.739. The number of nitrogens with zero attached hydrogens (tertiary/aromatic N) is 3. The molecule has 1 aliphatic rings. The molecule has 30 heavy (non-hydrogen) atoms. The molecule has 0 aliphatic carbocycles. The van der Waals surface area contributed by atoms with Crippen LogP contribution in [-0.4, -0.2) is 37.1 Å². The van der Waals surface area contributed by atoms with Crippen LogP contribution < -0.4 is 10.2 Å². The fraction of sp³-hybridized carbons (Fsp3) is 0.375. The van der Waals surface area contributed by atoms with Gasteiger partial charge in [-0.3, -0.25) is 0 Å². The highest BCUT2D eigenvalue weighted by Crippen LogP contribution is 2.31. The Balaban J connectivity index is 1.87. The van der Waals surface area contributed by atoms with Crippen molar-refractivity contribution in [3.05, 3.63) is 69.5 Å². The number of anilines is 1. The van der Waals surface area contributed by atoms with Crippen molar-refractivity contribution in [2.24, 2.45) is 0 Å². The highest BCUT2D eigenvalue weighted by molar-refractivity contribution is 7.14. The summed E-state index contributed by atoms with van der Waals surface area (Å²) in [5, 5.41) is 7.20. The first-order chi connectivity index (χ1) is 14.4. The first-order valence-electron chi connectivity index (χ1n) is 10.4. The smallest absolute Gasteiger partial charge is 0.191 e. The molecule has 160 valence electrons. The molecule has 3 rings (SSSR count). The zero-order valence-electron chi connectivity index (χ0n) is 18.5. The van der Waals surface area contributed by atoms with Gasteiger partial charge in [-0.05, 0) is 62.1 Å². The van der Waals surface area contributed by atoms with Crippen LogP contribution in [0.25, 0.3) is 11.3 Å². The summed E-state index contributed by atoms with van der Waals surface area (Å²) in [6, 6.07) is 7.84. The van der Waals surface area contributed by atoms with E-state index in [0.29, 0.717) is 0 Å². The Morgan fingerprint density at radius 3 is 2.60 bits per heavy atom. The molecule has 1 N–H and O–H groups in total. The number of benzene rings is 1. The number of aromatic nitrogens is 1. The van der Waals surface area contributed by atoms with E-state index in [1.807, 2.05) is 24.3 Å². The number of hydrogen-bond acceptors (Lipinski definition) is 5. The van der Waals surface area contributed by atoms with Crippen LogP contribution in [-0.2, 0) is 0 Å². The molecule has 0 unspecified atom stereocenters. The predicted molar refractivity (Wildman–Crippen MR) is 131 cm³/mol. The highest BCUT2D eigenvalue weighted by atomic mass is 35.5. The molecule has 0 saturated heterocycles. The van der Waals surface area contributed by atoms with Crippen LogP contribution in [0.4, 0.5) is 5.13 Å². The maximum atomic E-state index is 6.03. The summed E-state index contributed by atoms with van der Waals surface area (Å²) in [5.41, 5.74) is 6.12. The van der Waals surface area contributed by atoms with Crippen molar-refractivity contribution >= 4 is 28.1 Å². The van der Waals surface area contributed by atoms with E-state index < -0.39 is 0 Å². The van der Waals surface area contributed by atoms with E-state index in [1.54, 1.807) is 11.3 Å². The van der Waals surface area contributed by atoms with E-state index in [1.165, 1.54) is 22.5 Å². The van der Waals surface area contributed by atoms with E-state index in [2.05, 4.69) is 67.6 Å². The van der Waals surface area contributed by atoms with Crippen LogP contribution >= 0.6 is 22.9 Å². The Morgan fingerprint density at radius 2 is 1.97 bits per heavy atom. The summed E-state index contributed by atoms with van der Waals surface area (Å²) in [6.45, 7) is 8.60. The summed E-state index contributed by atoms with van der Waals surface area (Å²) in [7, 11) is 4.23. The SMILES string of the molecule is CC/C(C)=C(/N(C)/C=C(\C)C1=CCNCC1)N(C)c1nc(-c2ccc(Cl)cc2)cs1. The third-order valence-corrected chi connectivity index (χ3v) is 6.61. The number of allylic oxidation sites excluding steroid dienone is 2. The van der Waals surface area contributed by atoms with Crippen LogP contribution in [0.3, 0.4) is 0 Å². The van der Waals surface area contributed by atoms with Gasteiger partial charge >= 0.3 is 0 Å². The second kappa shape index (κ2) is 10.3. The Hall–Kier alpha value is -2.08. The van der Waals surface area contributed by atoms with Crippen molar-refractivity contribution < 1.29 is 0 Å². The molecule has 1 aliphatic heterocycles. The number of thiazole rings is 1. The van der Waals surface area contributed by atoms with Crippen molar-refractivity contribution in [2.75, 3.05) is 32.1 Å². The average molecular weight is 443 g/mol. The van der Waals surface area contributed by atoms with Gasteiger partial charge in [0.25, 0.3) is 0 Å². The molecule has 2 heterocycles. The molecule has 0 saturated carbocycles. The molecule has 1 aromatic carbocycles. The summed E-state index contributed by atoms with van der Waals surface area (Å²) < 4.78 is 0. The summed E-state index contributed by atoms with van der Waals surface area (Å²) in [5.74, 6) is 1.17. The molecule has 4 nitrogen and oxygen atoms in total. The van der Waals surface area contributed by atoms with Crippen molar-refractivity contribution in [3.8, 4) is 11.3 Å². The summed E-state index contributed by atoms with van der Waals surface area (Å²) in [6.07, 6.45) is 6.60. The molecule has 2 aromatic rings. The van der Waals surface area contributed by atoms with E-state index >= 15 is 0 Å². The Bertz CT molecular complexity index is 956. The van der Waals surface area contributed by atoms with Gasteiger partial charge < -0.3 is 15.1 Å². The summed E-state index contributed by atoms with van der Waals surface area (Å²) in [4.78, 5) is 9.33. The van der Waals surface area contributed by atoms with E-state index in [0.717, 1.165) is 47.3 Å². The quantitative estimate of drug-likeness (QED) is 0.545. The van der Waals surface area contributed by atoms with Gasteiger partial charge in [0.2, 0.25) is 0 Å². The van der Waals surface area contributed by atoms with Crippen LogP contribution in [0.5, 0.6) is 0 Å². The molecule has 1 aromatic heterocycles. The lowest BCUT2D eigenvalue weighted by Crippen LogP contribution is -2.29. The fourth-order valence-corrected chi connectivity index (χ4v) is 4.59. The van der Waals surface area contributed by atoms with E-state index in [9.17, 15) is 0 Å². The van der Waals surface area contributed by atoms with E-state index in [-0.39, 0.29) is 0 Å². The minimum Gasteiger partial charge on any atom is -0.337 e. The maximum absolute atomic E-state index is 6.03. The van der Waals surface area contributed by atoms with Gasteiger partial charge in [-0.2, -0.15) is 0 Å². The lowest BCUT2D eigenvalue weighted by molar-refractivity contribution is 0.532. The van der Waals surface area contributed by atoms with Crippen LogP contribution in [0.2, 0.25) is 5.02 Å². The monoisotopic (exact) mass is 442 g/mol. The zero-order valence-corrected chi connectivity index (χ0v) is 20.1. The van der Waals surface area contributed by atoms with Gasteiger partial charge in [0.15, 0.2) is 5.13 Å². The molecule has 0 atom stereocenters. The topological polar surface area (TPSA) is 31.4 Å². The van der Waals surface area contributed by atoms with Gasteiger partial charge in [0.1, 0.15) is 5.82 Å². The van der Waals surface area contributed by atoms with Crippen LogP contribution in [0.1, 0.15) is 33.6 Å². The lowest BCUT2D eigenvalue weighted by Gasteiger charge is -2.30. The minimum absolute atomic E-state index is 0.739. The highest BCUT2D eigenvalue weighted by Gasteiger charge is 2.18. The summed E-state index contributed by atoms with van der Waals surface area (Å²) >= 11 is 7.69. The molecular weight excluding hydrogens is 412 g/mol. The van der Waals surface area contributed by atoms with Crippen LogP contribution in [0.15, 0.2) is 64.5 Å². The third kappa shape index (κ3) is 5.34. The standard InChI is InChI=1S/C24H31ClN4S/c1-6-17(2)23(28(4)15-18(3)19-11-13-26-14-12-19)29(5)24-27-22(16-30-24)20-7-9-21(25)10-8-20/h7-11,15-16,26H,6,12-14H2,1-5H3/b18-15+,23-17-. The van der Waals surface area contributed by atoms with Gasteiger partial charge in [-0.25, -0.2) is 4.98 Å². The third-order valence-electron chi connectivity index (χ3n) is 5.44. The lowest BCUT2D eigenvalue weighted by atomic mass is 10.0. The number of rotatable bonds is 7. The first kappa shape index (κ1) is 22.6. The second-order valence-electron chi connectivity index (χ2n) is 7.65. The normalized spacial score (nSPS) is 15.5. The molecule has 0 radical (unpaired) electrons. The molecule has 0 spiro atoms. The molecule has 6 heteroatoms. The zero-order chi connectivity index (χ0) is 21.7. The first-order valence-corrected chi connectivity index (χ1v) is 11.6. The Morgan fingerprint density at radius 1 is 1.23 bits per heavy atom. The Labute approximate surface area is 189 Å². The van der Waals surface area contributed by atoms with E-state index in [4.69, 9.17) is 16.6 Å². The Kier molecular flexibility index (Phi) is 7.75. The van der Waals surface area contributed by atoms with Gasteiger partial charge in [0, 0.05) is 42.8 Å². The van der Waals surface area contributed by atoms with Gasteiger partial charge in [-0.15, -0.1) is 11.3 Å². The predicted octanol–water partition coefficient (Wildman–Crippen LogP) is 6.30. The van der Waals surface area contributed by atoms with Gasteiger partial charge in [0.05, 0.1) is 5.69 Å². The number of halogens is 1. The van der Waals surface area contributed by atoms with Crippen molar-refractivity contribution in [3.63, 3.8) is 0 Å². The molecule has 0 amide bonds. The second-order valence-corrected chi connectivity index (χ2v) is 8.92. The maximum Gasteiger partial charge on any atom is 0.191 e. The molecule has 0 bridgehead atoms. The number of nitrogens with one attached hydrogen (secondary N) is 1. The van der Waals surface area contributed by atoms with Crippen LogP contribution in [0, 0.1) is 0 Å². The van der Waals surface area contributed by atoms with Crippen molar-refractivity contribution in [1.29, 1.82) is 0 Å². The largest absolute Gasteiger partial charge is 0.337 e. The number of hydrogen-bond donors (Lipinski definition) is 1. The van der Waals surface area contributed by atoms with Crippen molar-refractivity contribution in [1.82, 2.24) is 15.2 Å². The average Bonchev–Trinajstić information content (AvgIpc) is 3.25. The van der Waals surface area contributed by atoms with Gasteiger partial charge in [-0.1, -0.05) is 36.7 Å². The molecular formula is C24H31ClN4S.